The summed E-state index contributed by atoms with van der Waals surface area (Å²) in [6, 6.07) is 16.9. The summed E-state index contributed by atoms with van der Waals surface area (Å²) in [6.45, 7) is 15.9. The zero-order valence-corrected chi connectivity index (χ0v) is 27.3. The lowest BCUT2D eigenvalue weighted by Gasteiger charge is -2.42. The van der Waals surface area contributed by atoms with E-state index < -0.39 is 8.07 Å². The molecule has 0 radical (unpaired) electrons. The highest BCUT2D eigenvalue weighted by Gasteiger charge is 2.32. The Bertz CT molecular complexity index is 1480. The lowest BCUT2D eigenvalue weighted by atomic mass is 9.98. The van der Waals surface area contributed by atoms with Gasteiger partial charge in [-0.05, 0) is 51.3 Å². The van der Waals surface area contributed by atoms with Gasteiger partial charge in [0, 0.05) is 54.3 Å². The summed E-state index contributed by atoms with van der Waals surface area (Å²) in [5.74, 6) is 0. The molecule has 2 aliphatic rings. The van der Waals surface area contributed by atoms with E-state index in [-0.39, 0.29) is 11.6 Å². The van der Waals surface area contributed by atoms with Gasteiger partial charge in [0.25, 0.3) is 0 Å². The molecule has 0 unspecified atom stereocenters. The lowest BCUT2D eigenvalue weighted by molar-refractivity contribution is 0.0570. The second-order valence-corrected chi connectivity index (χ2v) is 19.4. The van der Waals surface area contributed by atoms with E-state index in [1.807, 2.05) is 12.1 Å². The minimum Gasteiger partial charge on any atom is -0.386 e. The van der Waals surface area contributed by atoms with Crippen LogP contribution in [0.25, 0.3) is 10.9 Å². The van der Waals surface area contributed by atoms with Crippen molar-refractivity contribution in [3.8, 4) is 6.07 Å². The number of nitriles is 1. The Kier molecular flexibility index (Phi) is 8.72. The third-order valence-electron chi connectivity index (χ3n) is 8.01. The molecule has 2 aromatic carbocycles. The van der Waals surface area contributed by atoms with Crippen LogP contribution in [0.2, 0.25) is 24.7 Å². The van der Waals surface area contributed by atoms with E-state index in [0.717, 1.165) is 60.1 Å². The minimum atomic E-state index is -1.43. The summed E-state index contributed by atoms with van der Waals surface area (Å²) in [7, 11) is -1.43. The molecular weight excluding hydrogens is 560 g/mol. The zero-order chi connectivity index (χ0) is 30.1. The number of nitrogens with zero attached hydrogens (tertiary/aromatic N) is 4. The van der Waals surface area contributed by atoms with Crippen molar-refractivity contribution in [1.29, 1.82) is 5.26 Å². The summed E-state index contributed by atoms with van der Waals surface area (Å²) in [4.78, 5) is 7.10. The van der Waals surface area contributed by atoms with Crippen LogP contribution < -0.4 is 21.6 Å². The summed E-state index contributed by atoms with van der Waals surface area (Å²) >= 11 is 6.82. The van der Waals surface area contributed by atoms with Gasteiger partial charge in [-0.1, -0.05) is 61.6 Å². The third-order valence-corrected chi connectivity index (χ3v) is 9.54. The highest BCUT2D eigenvalue weighted by Crippen LogP contribution is 2.36. The molecule has 1 fully saturated rings. The predicted molar refractivity (Wildman–Crippen MR) is 177 cm³/mol. The van der Waals surface area contributed by atoms with Gasteiger partial charge in [0.1, 0.15) is 6.07 Å². The highest BCUT2D eigenvalue weighted by atomic mass is 35.5. The number of hydrazine groups is 2. The van der Waals surface area contributed by atoms with Crippen LogP contribution in [0.4, 0.5) is 11.4 Å². The Morgan fingerprint density at radius 1 is 1.14 bits per heavy atom. The summed E-state index contributed by atoms with van der Waals surface area (Å²) in [5, 5.41) is 20.8. The van der Waals surface area contributed by atoms with Crippen LogP contribution in [0.3, 0.4) is 0 Å². The predicted octanol–water partition coefficient (Wildman–Crippen LogP) is 6.63. The standard InChI is InChI=1S/C32H43ClN8Si/c1-32(2,3)40-14-12-25(13-15-40)41-20-28(38-39-41)30(22-10-8-7-9-11-22)37-24-16-26-29(36-21-42(4,5)6)23(18-34)19-35-31(26)27(33)17-24/h7-11,16-17,19-20,25,30,37-39H,12-15,21H2,1-6H3,(H,35,36)/t30-/m0/s1. The molecule has 5 rings (SSSR count). The second kappa shape index (κ2) is 12.1. The van der Waals surface area contributed by atoms with Gasteiger partial charge < -0.3 is 16.1 Å². The van der Waals surface area contributed by atoms with E-state index in [9.17, 15) is 5.26 Å². The molecule has 3 aromatic rings. The van der Waals surface area contributed by atoms with E-state index in [1.165, 1.54) is 0 Å². The average Bonchev–Trinajstić information content (AvgIpc) is 3.44. The number of halogens is 1. The van der Waals surface area contributed by atoms with Crippen LogP contribution in [0, 0.1) is 11.3 Å². The molecule has 1 saturated heterocycles. The number of pyridine rings is 1. The number of nitrogens with one attached hydrogen (secondary N) is 4. The van der Waals surface area contributed by atoms with Gasteiger partial charge in [-0.15, -0.1) is 5.53 Å². The first-order valence-corrected chi connectivity index (χ1v) is 18.9. The van der Waals surface area contributed by atoms with Gasteiger partial charge in [0.2, 0.25) is 0 Å². The Morgan fingerprint density at radius 2 is 1.86 bits per heavy atom. The first kappa shape index (κ1) is 30.2. The van der Waals surface area contributed by atoms with Crippen molar-refractivity contribution in [2.45, 2.75) is 70.9 Å². The molecule has 1 atom stereocenters. The SMILES string of the molecule is CC(C)(C)N1CCC(N2C=C([C@@H](Nc3cc(Cl)c4ncc(C#N)c(NC[Si](C)(C)C)c4c3)c3ccccc3)NN2)CC1. The summed E-state index contributed by atoms with van der Waals surface area (Å²) < 4.78 is 0. The number of benzene rings is 2. The number of aromatic nitrogens is 1. The van der Waals surface area contributed by atoms with E-state index in [4.69, 9.17) is 11.6 Å². The smallest absolute Gasteiger partial charge is 0.103 e. The van der Waals surface area contributed by atoms with Crippen LogP contribution in [0.1, 0.15) is 50.8 Å². The van der Waals surface area contributed by atoms with E-state index in [0.29, 0.717) is 22.1 Å². The molecule has 3 heterocycles. The quantitative estimate of drug-likeness (QED) is 0.214. The van der Waals surface area contributed by atoms with E-state index >= 15 is 0 Å². The van der Waals surface area contributed by atoms with Crippen molar-refractivity contribution < 1.29 is 0 Å². The number of rotatable bonds is 8. The molecule has 2 aliphatic heterocycles. The van der Waals surface area contributed by atoms with Crippen LogP contribution in [0.5, 0.6) is 0 Å². The van der Waals surface area contributed by atoms with Crippen molar-refractivity contribution in [3.05, 3.63) is 76.7 Å². The van der Waals surface area contributed by atoms with E-state index in [2.05, 4.69) is 120 Å². The number of fused-ring (bicyclic) bond motifs is 1. The van der Waals surface area contributed by atoms with Gasteiger partial charge >= 0.3 is 0 Å². The molecular formula is C32H43ClN8Si. The van der Waals surface area contributed by atoms with Crippen molar-refractivity contribution in [2.75, 3.05) is 29.9 Å². The molecule has 0 aliphatic carbocycles. The number of likely N-dealkylation sites (tertiary alicyclic amines) is 1. The molecule has 8 nitrogen and oxygen atoms in total. The van der Waals surface area contributed by atoms with Gasteiger partial charge in [-0.2, -0.15) is 5.26 Å². The average molecular weight is 603 g/mol. The molecule has 4 N–H and O–H groups in total. The van der Waals surface area contributed by atoms with Crippen molar-refractivity contribution in [1.82, 2.24) is 25.9 Å². The Labute approximate surface area is 256 Å². The van der Waals surface area contributed by atoms with Crippen molar-refractivity contribution in [2.24, 2.45) is 0 Å². The number of piperidine rings is 1. The van der Waals surface area contributed by atoms with Gasteiger partial charge in [-0.25, -0.2) is 0 Å². The first-order valence-electron chi connectivity index (χ1n) is 14.8. The number of anilines is 2. The minimum absolute atomic E-state index is 0.155. The Balaban J connectivity index is 1.45. The maximum Gasteiger partial charge on any atom is 0.103 e. The molecule has 42 heavy (non-hydrogen) atoms. The molecule has 0 amide bonds. The number of hydrogen-bond donors (Lipinski definition) is 4. The normalized spacial score (nSPS) is 17.5. The lowest BCUT2D eigenvalue weighted by Crippen LogP contribution is -2.52. The molecule has 10 heteroatoms. The molecule has 222 valence electrons. The fourth-order valence-electron chi connectivity index (χ4n) is 5.63. The summed E-state index contributed by atoms with van der Waals surface area (Å²) in [6.07, 6.45) is 6.85. The maximum atomic E-state index is 9.87. The molecule has 0 spiro atoms. The fourth-order valence-corrected chi connectivity index (χ4v) is 6.60. The topological polar surface area (TPSA) is 91.3 Å². The first-order chi connectivity index (χ1) is 19.9. The van der Waals surface area contributed by atoms with Crippen molar-refractivity contribution >= 4 is 42.0 Å². The third kappa shape index (κ3) is 6.84. The van der Waals surface area contributed by atoms with Gasteiger partial charge in [-0.3, -0.25) is 14.9 Å². The fraction of sp³-hybridized carbons (Fsp3) is 0.438. The monoisotopic (exact) mass is 602 g/mol. The maximum absolute atomic E-state index is 9.87. The zero-order valence-electron chi connectivity index (χ0n) is 25.6. The molecule has 1 aromatic heterocycles. The van der Waals surface area contributed by atoms with Crippen LogP contribution in [-0.2, 0) is 0 Å². The van der Waals surface area contributed by atoms with Crippen LogP contribution >= 0.6 is 11.6 Å². The van der Waals surface area contributed by atoms with E-state index in [1.54, 1.807) is 6.20 Å². The van der Waals surface area contributed by atoms with Crippen molar-refractivity contribution in [3.63, 3.8) is 0 Å². The Morgan fingerprint density at radius 3 is 2.50 bits per heavy atom. The van der Waals surface area contributed by atoms with Crippen LogP contribution in [-0.4, -0.2) is 53.8 Å². The highest BCUT2D eigenvalue weighted by molar-refractivity contribution is 6.76. The second-order valence-electron chi connectivity index (χ2n) is 13.5. The summed E-state index contributed by atoms with van der Waals surface area (Å²) in [5.41, 5.74) is 12.1. The largest absolute Gasteiger partial charge is 0.386 e. The van der Waals surface area contributed by atoms with Crippen LogP contribution in [0.15, 0.2) is 60.6 Å². The van der Waals surface area contributed by atoms with Gasteiger partial charge in [0.15, 0.2) is 0 Å². The Hall–Kier alpha value is -3.29. The van der Waals surface area contributed by atoms with Gasteiger partial charge in [0.05, 0.1) is 41.6 Å². The molecule has 0 saturated carbocycles. The number of hydrogen-bond acceptors (Lipinski definition) is 8. The molecule has 0 bridgehead atoms.